The van der Waals surface area contributed by atoms with Crippen molar-refractivity contribution in [1.29, 1.82) is 0 Å². The van der Waals surface area contributed by atoms with Crippen molar-refractivity contribution in [2.45, 2.75) is 13.5 Å². The molecule has 0 fully saturated rings. The highest BCUT2D eigenvalue weighted by Gasteiger charge is 2.09. The average Bonchev–Trinajstić information content (AvgIpc) is 2.67. The number of nitrogens with zero attached hydrogens (tertiary/aromatic N) is 1. The number of imidazole rings is 1. The number of hydrogen-bond acceptors (Lipinski definition) is 3. The van der Waals surface area contributed by atoms with Crippen LogP contribution in [0.4, 0.5) is 14.7 Å². The molecule has 4 nitrogen and oxygen atoms in total. The third-order valence-corrected chi connectivity index (χ3v) is 2.31. The number of aromatic nitrogens is 2. The summed E-state index contributed by atoms with van der Waals surface area (Å²) in [6.07, 6.45) is 1.53. The van der Waals surface area contributed by atoms with Gasteiger partial charge >= 0.3 is 6.61 Å². The minimum atomic E-state index is -2.84. The van der Waals surface area contributed by atoms with Crippen LogP contribution in [0.25, 0.3) is 11.3 Å². The quantitative estimate of drug-likeness (QED) is 0.865. The topological polar surface area (TPSA) is 63.9 Å². The molecule has 2 aromatic rings. The van der Waals surface area contributed by atoms with Crippen LogP contribution < -0.4 is 10.5 Å². The van der Waals surface area contributed by atoms with Crippen LogP contribution in [0.2, 0.25) is 0 Å². The summed E-state index contributed by atoms with van der Waals surface area (Å²) in [5.74, 6) is 0.419. The van der Waals surface area contributed by atoms with Crippen molar-refractivity contribution in [3.8, 4) is 17.0 Å². The fourth-order valence-electron chi connectivity index (χ4n) is 1.47. The Hall–Kier alpha value is -2.11. The number of ether oxygens (including phenoxy) is 1. The van der Waals surface area contributed by atoms with E-state index in [1.54, 1.807) is 19.1 Å². The zero-order chi connectivity index (χ0) is 12.4. The van der Waals surface area contributed by atoms with Crippen molar-refractivity contribution in [2.75, 3.05) is 5.73 Å². The lowest BCUT2D eigenvalue weighted by atomic mass is 10.1. The number of anilines is 1. The normalized spacial score (nSPS) is 10.8. The second-order valence-electron chi connectivity index (χ2n) is 3.54. The Kier molecular flexibility index (Phi) is 2.95. The van der Waals surface area contributed by atoms with Gasteiger partial charge in [-0.1, -0.05) is 12.1 Å². The summed E-state index contributed by atoms with van der Waals surface area (Å²) in [5, 5.41) is 0. The van der Waals surface area contributed by atoms with Crippen molar-refractivity contribution in [1.82, 2.24) is 9.97 Å². The van der Waals surface area contributed by atoms with Crippen LogP contribution in [-0.4, -0.2) is 16.6 Å². The SMILES string of the molecule is Cc1ccc(-c2cnc(N)[nH]2)cc1OC(F)F. The van der Waals surface area contributed by atoms with Crippen molar-refractivity contribution >= 4 is 5.95 Å². The molecule has 0 unspecified atom stereocenters. The molecule has 3 N–H and O–H groups in total. The maximum Gasteiger partial charge on any atom is 0.387 e. The molecule has 1 aromatic carbocycles. The van der Waals surface area contributed by atoms with E-state index >= 15 is 0 Å². The number of hydrogen-bond donors (Lipinski definition) is 2. The number of nitrogens with one attached hydrogen (secondary N) is 1. The number of aromatic amines is 1. The first kappa shape index (κ1) is 11.4. The standard InChI is InChI=1S/C11H11F2N3O/c1-6-2-3-7(4-9(6)17-10(12)13)8-5-15-11(14)16-8/h2-5,10H,1H3,(H3,14,15,16). The Morgan fingerprint density at radius 3 is 2.76 bits per heavy atom. The number of nitrogens with two attached hydrogens (primary N) is 1. The molecule has 90 valence electrons. The second-order valence-corrected chi connectivity index (χ2v) is 3.54. The minimum Gasteiger partial charge on any atom is -0.435 e. The van der Waals surface area contributed by atoms with Crippen LogP contribution in [0.15, 0.2) is 24.4 Å². The molecule has 0 aliphatic heterocycles. The van der Waals surface area contributed by atoms with E-state index in [0.29, 0.717) is 16.8 Å². The summed E-state index contributed by atoms with van der Waals surface area (Å²) < 4.78 is 28.8. The van der Waals surface area contributed by atoms with Crippen molar-refractivity contribution in [2.24, 2.45) is 0 Å². The van der Waals surface area contributed by atoms with E-state index in [0.717, 1.165) is 0 Å². The van der Waals surface area contributed by atoms with Gasteiger partial charge in [-0.15, -0.1) is 0 Å². The molecule has 0 bridgehead atoms. The van der Waals surface area contributed by atoms with Crippen molar-refractivity contribution in [3.05, 3.63) is 30.0 Å². The number of rotatable bonds is 3. The molecule has 2 rings (SSSR count). The zero-order valence-electron chi connectivity index (χ0n) is 9.08. The Balaban J connectivity index is 2.36. The number of H-pyrrole nitrogens is 1. The highest BCUT2D eigenvalue weighted by molar-refractivity contribution is 5.63. The van der Waals surface area contributed by atoms with Gasteiger partial charge in [-0.2, -0.15) is 8.78 Å². The summed E-state index contributed by atoms with van der Waals surface area (Å²) in [5.41, 5.74) is 7.43. The van der Waals surface area contributed by atoms with Gasteiger partial charge in [-0.25, -0.2) is 4.98 Å². The van der Waals surface area contributed by atoms with Crippen LogP contribution in [0.1, 0.15) is 5.56 Å². The molecule has 6 heteroatoms. The van der Waals surface area contributed by atoms with Crippen LogP contribution >= 0.6 is 0 Å². The first-order valence-corrected chi connectivity index (χ1v) is 4.92. The summed E-state index contributed by atoms with van der Waals surface area (Å²) in [6.45, 7) is -1.14. The molecule has 0 atom stereocenters. The summed E-state index contributed by atoms with van der Waals surface area (Å²) in [6, 6.07) is 5.00. The molecule has 0 saturated heterocycles. The van der Waals surface area contributed by atoms with E-state index in [4.69, 9.17) is 5.73 Å². The van der Waals surface area contributed by atoms with Gasteiger partial charge in [-0.3, -0.25) is 0 Å². The number of benzene rings is 1. The Morgan fingerprint density at radius 1 is 1.41 bits per heavy atom. The molecule has 0 amide bonds. The third-order valence-electron chi connectivity index (χ3n) is 2.31. The predicted octanol–water partition coefficient (Wildman–Crippen LogP) is 2.57. The fraction of sp³-hybridized carbons (Fsp3) is 0.182. The molecule has 17 heavy (non-hydrogen) atoms. The van der Waals surface area contributed by atoms with Gasteiger partial charge in [0, 0.05) is 5.56 Å². The van der Waals surface area contributed by atoms with Gasteiger partial charge in [0.25, 0.3) is 0 Å². The minimum absolute atomic E-state index is 0.144. The third kappa shape index (κ3) is 2.52. The number of nitrogen functional groups attached to an aromatic ring is 1. The molecular weight excluding hydrogens is 228 g/mol. The van der Waals surface area contributed by atoms with Crippen molar-refractivity contribution in [3.63, 3.8) is 0 Å². The van der Waals surface area contributed by atoms with Crippen LogP contribution in [-0.2, 0) is 0 Å². The van der Waals surface area contributed by atoms with Gasteiger partial charge < -0.3 is 15.5 Å². The van der Waals surface area contributed by atoms with E-state index in [1.807, 2.05) is 0 Å². The van der Waals surface area contributed by atoms with Crippen LogP contribution in [0, 0.1) is 6.92 Å². The van der Waals surface area contributed by atoms with Gasteiger partial charge in [0.15, 0.2) is 5.95 Å². The fourth-order valence-corrected chi connectivity index (χ4v) is 1.47. The van der Waals surface area contributed by atoms with E-state index in [9.17, 15) is 8.78 Å². The summed E-state index contributed by atoms with van der Waals surface area (Å²) in [4.78, 5) is 6.66. The van der Waals surface area contributed by atoms with Gasteiger partial charge in [0.05, 0.1) is 11.9 Å². The Labute approximate surface area is 96.4 Å². The lowest BCUT2D eigenvalue weighted by molar-refractivity contribution is -0.0502. The summed E-state index contributed by atoms with van der Waals surface area (Å²) in [7, 11) is 0. The average molecular weight is 239 g/mol. The largest absolute Gasteiger partial charge is 0.435 e. The smallest absolute Gasteiger partial charge is 0.387 e. The Morgan fingerprint density at radius 2 is 2.18 bits per heavy atom. The van der Waals surface area contributed by atoms with Gasteiger partial charge in [0.2, 0.25) is 0 Å². The molecule has 0 radical (unpaired) electrons. The number of aryl methyl sites for hydroxylation is 1. The molecule has 0 aliphatic rings. The molecule has 0 spiro atoms. The van der Waals surface area contributed by atoms with E-state index in [-0.39, 0.29) is 11.7 Å². The first-order chi connectivity index (χ1) is 8.06. The zero-order valence-corrected chi connectivity index (χ0v) is 9.08. The van der Waals surface area contributed by atoms with Gasteiger partial charge in [-0.05, 0) is 18.6 Å². The maximum absolute atomic E-state index is 12.2. The molecular formula is C11H11F2N3O. The molecule has 0 aliphatic carbocycles. The Bertz CT molecular complexity index is 525. The lowest BCUT2D eigenvalue weighted by Crippen LogP contribution is -2.03. The highest BCUT2D eigenvalue weighted by Crippen LogP contribution is 2.27. The predicted molar refractivity (Wildman–Crippen MR) is 59.8 cm³/mol. The lowest BCUT2D eigenvalue weighted by Gasteiger charge is -2.09. The number of alkyl halides is 2. The second kappa shape index (κ2) is 4.40. The maximum atomic E-state index is 12.2. The first-order valence-electron chi connectivity index (χ1n) is 4.92. The van der Waals surface area contributed by atoms with Crippen LogP contribution in [0.3, 0.4) is 0 Å². The van der Waals surface area contributed by atoms with E-state index in [1.165, 1.54) is 12.3 Å². The monoisotopic (exact) mass is 239 g/mol. The van der Waals surface area contributed by atoms with E-state index in [2.05, 4.69) is 14.7 Å². The van der Waals surface area contributed by atoms with Gasteiger partial charge in [0.1, 0.15) is 5.75 Å². The van der Waals surface area contributed by atoms with Crippen LogP contribution in [0.5, 0.6) is 5.75 Å². The number of halogens is 2. The molecule has 0 saturated carbocycles. The van der Waals surface area contributed by atoms with E-state index < -0.39 is 6.61 Å². The molecule has 1 aromatic heterocycles. The molecule has 1 heterocycles. The summed E-state index contributed by atoms with van der Waals surface area (Å²) >= 11 is 0. The van der Waals surface area contributed by atoms with Crippen molar-refractivity contribution < 1.29 is 13.5 Å². The highest BCUT2D eigenvalue weighted by atomic mass is 19.3.